The second-order valence-electron chi connectivity index (χ2n) is 2.95. The molecule has 1 aromatic rings. The van der Waals surface area contributed by atoms with E-state index in [4.69, 9.17) is 5.11 Å². The average molecular weight is 242 g/mol. The molecule has 0 aromatic heterocycles. The molecule has 0 saturated heterocycles. The standard InChI is InChI=1S/C9H7F5O2/c1-16-7-3-6(11)5(10)2-4(7)8(15)9(12,13)14/h2-3,8,15H,1H3/t8-/m1/s1. The molecule has 0 amide bonds. The van der Waals surface area contributed by atoms with Crippen molar-refractivity contribution in [1.82, 2.24) is 0 Å². The first-order valence-electron chi connectivity index (χ1n) is 4.05. The molecule has 16 heavy (non-hydrogen) atoms. The Morgan fingerprint density at radius 1 is 1.19 bits per heavy atom. The maximum atomic E-state index is 12.7. The monoisotopic (exact) mass is 242 g/mol. The van der Waals surface area contributed by atoms with Gasteiger partial charge in [-0.2, -0.15) is 13.2 Å². The van der Waals surface area contributed by atoms with Crippen LogP contribution in [0.25, 0.3) is 0 Å². The lowest BCUT2D eigenvalue weighted by Gasteiger charge is -2.17. The quantitative estimate of drug-likeness (QED) is 0.807. The average Bonchev–Trinajstić information content (AvgIpc) is 2.19. The number of hydrogen-bond donors (Lipinski definition) is 1. The molecule has 0 unspecified atom stereocenters. The summed E-state index contributed by atoms with van der Waals surface area (Å²) >= 11 is 0. The zero-order chi connectivity index (χ0) is 12.5. The third kappa shape index (κ3) is 2.41. The Labute approximate surface area is 87.3 Å². The molecular weight excluding hydrogens is 235 g/mol. The van der Waals surface area contributed by atoms with Gasteiger partial charge in [0, 0.05) is 11.6 Å². The number of aliphatic hydroxyl groups is 1. The highest BCUT2D eigenvalue weighted by Crippen LogP contribution is 2.37. The predicted octanol–water partition coefficient (Wildman–Crippen LogP) is 2.57. The van der Waals surface area contributed by atoms with E-state index in [0.29, 0.717) is 6.07 Å². The van der Waals surface area contributed by atoms with Gasteiger partial charge in [-0.25, -0.2) is 8.78 Å². The van der Waals surface area contributed by atoms with Crippen LogP contribution in [0.2, 0.25) is 0 Å². The summed E-state index contributed by atoms with van der Waals surface area (Å²) in [5.41, 5.74) is -0.867. The summed E-state index contributed by atoms with van der Waals surface area (Å²) in [7, 11) is 0.985. The molecule has 1 rings (SSSR count). The molecule has 2 nitrogen and oxygen atoms in total. The molecule has 0 heterocycles. The molecule has 7 heteroatoms. The third-order valence-electron chi connectivity index (χ3n) is 1.88. The van der Waals surface area contributed by atoms with Crippen molar-refractivity contribution in [3.63, 3.8) is 0 Å². The first kappa shape index (κ1) is 12.7. The molecule has 0 bridgehead atoms. The van der Waals surface area contributed by atoms with Crippen molar-refractivity contribution in [2.24, 2.45) is 0 Å². The first-order valence-corrected chi connectivity index (χ1v) is 4.05. The number of aliphatic hydroxyl groups excluding tert-OH is 1. The van der Waals surface area contributed by atoms with E-state index in [0.717, 1.165) is 7.11 Å². The van der Waals surface area contributed by atoms with Crippen LogP contribution in [0.4, 0.5) is 22.0 Å². The van der Waals surface area contributed by atoms with E-state index in [2.05, 4.69) is 4.74 Å². The van der Waals surface area contributed by atoms with Gasteiger partial charge < -0.3 is 9.84 Å². The first-order chi connectivity index (χ1) is 7.27. The van der Waals surface area contributed by atoms with Crippen molar-refractivity contribution in [1.29, 1.82) is 0 Å². The van der Waals surface area contributed by atoms with Gasteiger partial charge in [-0.05, 0) is 6.07 Å². The van der Waals surface area contributed by atoms with Crippen LogP contribution in [0.5, 0.6) is 5.75 Å². The van der Waals surface area contributed by atoms with Gasteiger partial charge in [0.2, 0.25) is 0 Å². The second-order valence-corrected chi connectivity index (χ2v) is 2.95. The van der Waals surface area contributed by atoms with Crippen LogP contribution >= 0.6 is 0 Å². The van der Waals surface area contributed by atoms with Crippen molar-refractivity contribution in [3.05, 3.63) is 29.3 Å². The maximum absolute atomic E-state index is 12.7. The number of alkyl halides is 3. The lowest BCUT2D eigenvalue weighted by molar-refractivity contribution is -0.207. The van der Waals surface area contributed by atoms with Crippen LogP contribution in [0.3, 0.4) is 0 Å². The summed E-state index contributed by atoms with van der Waals surface area (Å²) in [5, 5.41) is 8.89. The normalized spacial score (nSPS) is 13.7. The second kappa shape index (κ2) is 4.25. The van der Waals surface area contributed by atoms with Crippen LogP contribution in [-0.4, -0.2) is 18.4 Å². The van der Waals surface area contributed by atoms with Crippen molar-refractivity contribution in [2.75, 3.05) is 7.11 Å². The summed E-state index contributed by atoms with van der Waals surface area (Å²) in [6, 6.07) is 0.700. The van der Waals surface area contributed by atoms with E-state index < -0.39 is 35.2 Å². The lowest BCUT2D eigenvalue weighted by atomic mass is 10.1. The number of halogens is 5. The minimum absolute atomic E-state index is 0.256. The highest BCUT2D eigenvalue weighted by molar-refractivity contribution is 5.37. The van der Waals surface area contributed by atoms with Crippen LogP contribution in [0.15, 0.2) is 12.1 Å². The van der Waals surface area contributed by atoms with Gasteiger partial charge in [0.1, 0.15) is 5.75 Å². The molecule has 0 aliphatic rings. The van der Waals surface area contributed by atoms with Gasteiger partial charge in [0.05, 0.1) is 7.11 Å². The Morgan fingerprint density at radius 3 is 2.12 bits per heavy atom. The van der Waals surface area contributed by atoms with E-state index in [1.165, 1.54) is 0 Å². The van der Waals surface area contributed by atoms with E-state index >= 15 is 0 Å². The maximum Gasteiger partial charge on any atom is 0.418 e. The van der Waals surface area contributed by atoms with Crippen LogP contribution in [0, 0.1) is 11.6 Å². The van der Waals surface area contributed by atoms with Crippen molar-refractivity contribution in [3.8, 4) is 5.75 Å². The van der Waals surface area contributed by atoms with Crippen molar-refractivity contribution >= 4 is 0 Å². The van der Waals surface area contributed by atoms with Crippen LogP contribution < -0.4 is 4.74 Å². The van der Waals surface area contributed by atoms with Gasteiger partial charge in [-0.15, -0.1) is 0 Å². The topological polar surface area (TPSA) is 29.5 Å². The molecule has 0 fully saturated rings. The molecule has 0 aliphatic heterocycles. The van der Waals surface area contributed by atoms with E-state index in [1.54, 1.807) is 0 Å². The molecule has 0 spiro atoms. The van der Waals surface area contributed by atoms with Crippen molar-refractivity contribution < 1.29 is 31.8 Å². The smallest absolute Gasteiger partial charge is 0.418 e. The molecule has 1 atom stereocenters. The fraction of sp³-hybridized carbons (Fsp3) is 0.333. The van der Waals surface area contributed by atoms with E-state index in [9.17, 15) is 22.0 Å². The predicted molar refractivity (Wildman–Crippen MR) is 43.9 cm³/mol. The van der Waals surface area contributed by atoms with E-state index in [1.807, 2.05) is 0 Å². The molecule has 90 valence electrons. The highest BCUT2D eigenvalue weighted by atomic mass is 19.4. The number of hydrogen-bond acceptors (Lipinski definition) is 2. The third-order valence-corrected chi connectivity index (χ3v) is 1.88. The Hall–Kier alpha value is -1.37. The fourth-order valence-corrected chi connectivity index (χ4v) is 1.11. The number of rotatable bonds is 2. The zero-order valence-corrected chi connectivity index (χ0v) is 7.98. The fourth-order valence-electron chi connectivity index (χ4n) is 1.11. The molecule has 0 aliphatic carbocycles. The Morgan fingerprint density at radius 2 is 1.69 bits per heavy atom. The van der Waals surface area contributed by atoms with Gasteiger partial charge >= 0.3 is 6.18 Å². The number of ether oxygens (including phenoxy) is 1. The molecule has 0 radical (unpaired) electrons. The summed E-state index contributed by atoms with van der Waals surface area (Å²) in [5.74, 6) is -3.40. The van der Waals surface area contributed by atoms with Gasteiger partial charge in [-0.1, -0.05) is 0 Å². The van der Waals surface area contributed by atoms with Gasteiger partial charge in [0.15, 0.2) is 17.7 Å². The largest absolute Gasteiger partial charge is 0.496 e. The highest BCUT2D eigenvalue weighted by Gasteiger charge is 2.41. The Balaban J connectivity index is 3.27. The molecule has 1 N–H and O–H groups in total. The minimum atomic E-state index is -4.97. The van der Waals surface area contributed by atoms with E-state index in [-0.39, 0.29) is 6.07 Å². The van der Waals surface area contributed by atoms with Crippen molar-refractivity contribution in [2.45, 2.75) is 12.3 Å². The SMILES string of the molecule is COc1cc(F)c(F)cc1[C@@H](O)C(F)(F)F. The summed E-state index contributed by atoms with van der Waals surface area (Å²) in [4.78, 5) is 0. The summed E-state index contributed by atoms with van der Waals surface area (Å²) in [6.45, 7) is 0. The van der Waals surface area contributed by atoms with Gasteiger partial charge in [-0.3, -0.25) is 0 Å². The van der Waals surface area contributed by atoms with Crippen LogP contribution in [-0.2, 0) is 0 Å². The van der Waals surface area contributed by atoms with Gasteiger partial charge in [0.25, 0.3) is 0 Å². The number of benzene rings is 1. The summed E-state index contributed by atoms with van der Waals surface area (Å²) < 4.78 is 66.3. The number of methoxy groups -OCH3 is 1. The Bertz CT molecular complexity index is 388. The molecular formula is C9H7F5O2. The minimum Gasteiger partial charge on any atom is -0.496 e. The summed E-state index contributed by atoms with van der Waals surface area (Å²) in [6.07, 6.45) is -7.89. The molecule has 0 saturated carbocycles. The zero-order valence-electron chi connectivity index (χ0n) is 7.98. The molecule has 1 aromatic carbocycles. The van der Waals surface area contributed by atoms with Crippen LogP contribution in [0.1, 0.15) is 11.7 Å². The Kier molecular flexibility index (Phi) is 3.37. The lowest BCUT2D eigenvalue weighted by Crippen LogP contribution is -2.21.